The van der Waals surface area contributed by atoms with Gasteiger partial charge in [-0.1, -0.05) is 0 Å². The van der Waals surface area contributed by atoms with Crippen molar-refractivity contribution in [1.82, 2.24) is 25.5 Å². The molecule has 1 aromatic heterocycles. The van der Waals surface area contributed by atoms with Gasteiger partial charge in [-0.05, 0) is 25.7 Å². The molecule has 1 saturated heterocycles. The number of rotatable bonds is 9. The van der Waals surface area contributed by atoms with Crippen LogP contribution in [0, 0.1) is 0 Å². The molecule has 0 aromatic carbocycles. The number of thioether (sulfide) groups is 1. The number of anilines is 1. The van der Waals surface area contributed by atoms with Crippen molar-refractivity contribution in [3.63, 3.8) is 0 Å². The molecule has 8 heteroatoms. The minimum atomic E-state index is 0.846. The maximum absolute atomic E-state index is 4.66. The van der Waals surface area contributed by atoms with Gasteiger partial charge in [-0.2, -0.15) is 11.8 Å². The predicted octanol–water partition coefficient (Wildman–Crippen LogP) is 0.907. The highest BCUT2D eigenvalue weighted by Gasteiger charge is 2.17. The number of aromatic nitrogens is 2. The van der Waals surface area contributed by atoms with Crippen LogP contribution in [-0.4, -0.2) is 85.2 Å². The summed E-state index contributed by atoms with van der Waals surface area (Å²) in [5.74, 6) is 2.88. The van der Waals surface area contributed by atoms with Crippen molar-refractivity contribution in [3.05, 3.63) is 18.5 Å². The summed E-state index contributed by atoms with van der Waals surface area (Å²) in [6.45, 7) is 10.0. The van der Waals surface area contributed by atoms with Crippen molar-refractivity contribution < 1.29 is 0 Å². The second kappa shape index (κ2) is 11.9. The van der Waals surface area contributed by atoms with E-state index in [1.54, 1.807) is 0 Å². The molecular formula is C17H31N7S. The fraction of sp³-hybridized carbons (Fsp3) is 0.706. The molecule has 0 radical (unpaired) electrons. The molecule has 0 aliphatic carbocycles. The number of aliphatic imine (C=N–C) groups is 1. The van der Waals surface area contributed by atoms with E-state index < -0.39 is 0 Å². The number of nitrogens with zero attached hydrogens (tertiary/aromatic N) is 5. The first-order chi connectivity index (χ1) is 12.3. The lowest BCUT2D eigenvalue weighted by Gasteiger charge is -2.34. The zero-order chi connectivity index (χ0) is 17.7. The third-order valence-corrected chi connectivity index (χ3v) is 4.66. The zero-order valence-electron chi connectivity index (χ0n) is 15.4. The SMILES string of the molecule is CCNC(=NCCCN1CCN(c2ncccn2)CC1)NCCSC. The van der Waals surface area contributed by atoms with E-state index in [0.717, 1.165) is 76.4 Å². The number of hydrogen-bond donors (Lipinski definition) is 2. The minimum absolute atomic E-state index is 0.846. The molecule has 7 nitrogen and oxygen atoms in total. The van der Waals surface area contributed by atoms with Gasteiger partial charge in [0.25, 0.3) is 0 Å². The molecule has 1 aromatic rings. The minimum Gasteiger partial charge on any atom is -0.357 e. The monoisotopic (exact) mass is 365 g/mol. The van der Waals surface area contributed by atoms with E-state index in [9.17, 15) is 0 Å². The molecule has 1 aliphatic rings. The van der Waals surface area contributed by atoms with Crippen LogP contribution in [0.2, 0.25) is 0 Å². The van der Waals surface area contributed by atoms with Crippen LogP contribution < -0.4 is 15.5 Å². The second-order valence-corrected chi connectivity index (χ2v) is 6.90. The first-order valence-electron chi connectivity index (χ1n) is 9.09. The number of guanidine groups is 1. The third-order valence-electron chi connectivity index (χ3n) is 4.05. The molecule has 2 N–H and O–H groups in total. The van der Waals surface area contributed by atoms with Crippen molar-refractivity contribution in [2.75, 3.05) is 69.3 Å². The van der Waals surface area contributed by atoms with E-state index in [2.05, 4.69) is 48.6 Å². The van der Waals surface area contributed by atoms with Gasteiger partial charge < -0.3 is 15.5 Å². The second-order valence-electron chi connectivity index (χ2n) is 5.91. The summed E-state index contributed by atoms with van der Waals surface area (Å²) in [6, 6.07) is 1.86. The summed E-state index contributed by atoms with van der Waals surface area (Å²) >= 11 is 1.84. The van der Waals surface area contributed by atoms with Crippen LogP contribution in [0.5, 0.6) is 0 Å². The average Bonchev–Trinajstić information content (AvgIpc) is 2.66. The Balaban J connectivity index is 1.64. The highest BCUT2D eigenvalue weighted by Crippen LogP contribution is 2.09. The van der Waals surface area contributed by atoms with E-state index in [4.69, 9.17) is 0 Å². The molecule has 0 bridgehead atoms. The van der Waals surface area contributed by atoms with E-state index in [1.807, 2.05) is 30.2 Å². The van der Waals surface area contributed by atoms with Gasteiger partial charge in [-0.3, -0.25) is 9.89 Å². The van der Waals surface area contributed by atoms with Gasteiger partial charge in [-0.15, -0.1) is 0 Å². The summed E-state index contributed by atoms with van der Waals surface area (Å²) in [5, 5.41) is 6.67. The van der Waals surface area contributed by atoms with Crippen LogP contribution in [0.4, 0.5) is 5.95 Å². The molecule has 140 valence electrons. The molecule has 0 saturated carbocycles. The Hall–Kier alpha value is -1.54. The molecular weight excluding hydrogens is 334 g/mol. The average molecular weight is 366 g/mol. The molecule has 0 amide bonds. The third kappa shape index (κ3) is 7.48. The summed E-state index contributed by atoms with van der Waals surface area (Å²) in [7, 11) is 0. The number of hydrogen-bond acceptors (Lipinski definition) is 6. The lowest BCUT2D eigenvalue weighted by molar-refractivity contribution is 0.255. The summed E-state index contributed by atoms with van der Waals surface area (Å²) < 4.78 is 0. The van der Waals surface area contributed by atoms with Crippen LogP contribution in [0.3, 0.4) is 0 Å². The smallest absolute Gasteiger partial charge is 0.225 e. The standard InChI is InChI=1S/C17H31N7S/c1-3-18-16(20-9-15-25-2)19-8-5-10-23-11-13-24(14-12-23)17-21-6-4-7-22-17/h4,6-7H,3,5,8-15H2,1-2H3,(H2,18,19,20). The Bertz CT molecular complexity index is 489. The zero-order valence-corrected chi connectivity index (χ0v) is 16.3. The molecule has 1 fully saturated rings. The molecule has 0 atom stereocenters. The fourth-order valence-corrected chi connectivity index (χ4v) is 3.03. The first-order valence-corrected chi connectivity index (χ1v) is 10.5. The van der Waals surface area contributed by atoms with Crippen molar-refractivity contribution in [2.24, 2.45) is 4.99 Å². The lowest BCUT2D eigenvalue weighted by Crippen LogP contribution is -2.47. The highest BCUT2D eigenvalue weighted by atomic mass is 32.2. The van der Waals surface area contributed by atoms with Crippen LogP contribution >= 0.6 is 11.8 Å². The molecule has 2 heterocycles. The molecule has 0 unspecified atom stereocenters. The Morgan fingerprint density at radius 1 is 1.20 bits per heavy atom. The van der Waals surface area contributed by atoms with Crippen molar-refractivity contribution in [3.8, 4) is 0 Å². The molecule has 2 rings (SSSR count). The normalized spacial score (nSPS) is 16.1. The number of nitrogens with one attached hydrogen (secondary N) is 2. The van der Waals surface area contributed by atoms with Crippen LogP contribution in [0.15, 0.2) is 23.5 Å². The first kappa shape index (κ1) is 19.8. The molecule has 25 heavy (non-hydrogen) atoms. The van der Waals surface area contributed by atoms with E-state index in [1.165, 1.54) is 0 Å². The maximum atomic E-state index is 4.66. The Morgan fingerprint density at radius 2 is 1.96 bits per heavy atom. The van der Waals surface area contributed by atoms with Gasteiger partial charge >= 0.3 is 0 Å². The van der Waals surface area contributed by atoms with E-state index >= 15 is 0 Å². The Labute approximate surface area is 155 Å². The van der Waals surface area contributed by atoms with Crippen molar-refractivity contribution >= 4 is 23.7 Å². The Kier molecular flexibility index (Phi) is 9.43. The van der Waals surface area contributed by atoms with Gasteiger partial charge in [-0.25, -0.2) is 9.97 Å². The largest absolute Gasteiger partial charge is 0.357 e. The fourth-order valence-electron chi connectivity index (χ4n) is 2.72. The summed E-state index contributed by atoms with van der Waals surface area (Å²) in [5.41, 5.74) is 0. The number of piperazine rings is 1. The molecule has 1 aliphatic heterocycles. The van der Waals surface area contributed by atoms with Crippen LogP contribution in [-0.2, 0) is 0 Å². The van der Waals surface area contributed by atoms with Crippen molar-refractivity contribution in [1.29, 1.82) is 0 Å². The van der Waals surface area contributed by atoms with Crippen molar-refractivity contribution in [2.45, 2.75) is 13.3 Å². The van der Waals surface area contributed by atoms with E-state index in [-0.39, 0.29) is 0 Å². The lowest BCUT2D eigenvalue weighted by atomic mass is 10.3. The topological polar surface area (TPSA) is 68.7 Å². The molecule has 0 spiro atoms. The Morgan fingerprint density at radius 3 is 2.64 bits per heavy atom. The van der Waals surface area contributed by atoms with Gasteiger partial charge in [0.05, 0.1) is 0 Å². The van der Waals surface area contributed by atoms with Crippen LogP contribution in [0.1, 0.15) is 13.3 Å². The van der Waals surface area contributed by atoms with Crippen LogP contribution in [0.25, 0.3) is 0 Å². The van der Waals surface area contributed by atoms with E-state index in [0.29, 0.717) is 0 Å². The van der Waals surface area contributed by atoms with Gasteiger partial charge in [0.15, 0.2) is 5.96 Å². The highest BCUT2D eigenvalue weighted by molar-refractivity contribution is 7.98. The summed E-state index contributed by atoms with van der Waals surface area (Å²) in [4.78, 5) is 18.1. The quantitative estimate of drug-likeness (QED) is 0.383. The van der Waals surface area contributed by atoms with Gasteiger partial charge in [0.1, 0.15) is 0 Å². The predicted molar refractivity (Wildman–Crippen MR) is 108 cm³/mol. The van der Waals surface area contributed by atoms with Gasteiger partial charge in [0.2, 0.25) is 5.95 Å². The maximum Gasteiger partial charge on any atom is 0.225 e. The van der Waals surface area contributed by atoms with Gasteiger partial charge in [0, 0.05) is 70.5 Å². The summed E-state index contributed by atoms with van der Waals surface area (Å²) in [6.07, 6.45) is 6.82.